The molecule has 246 valence electrons. The van der Waals surface area contributed by atoms with Gasteiger partial charge in [-0.2, -0.15) is 0 Å². The number of nitrogens with zero attached hydrogens (tertiary/aromatic N) is 4. The number of benzene rings is 8. The van der Waals surface area contributed by atoms with Crippen LogP contribution in [0.15, 0.2) is 197 Å². The van der Waals surface area contributed by atoms with E-state index in [0.29, 0.717) is 18.2 Å². The lowest BCUT2D eigenvalue weighted by Crippen LogP contribution is -2.07. The van der Waals surface area contributed by atoms with Gasteiger partial charge in [-0.1, -0.05) is 158 Å². The Balaban J connectivity index is 1.19. The first-order valence-corrected chi connectivity index (χ1v) is 17.5. The maximum Gasteiger partial charge on any atom is 0.162 e. The molecule has 9 rings (SSSR count). The van der Waals surface area contributed by atoms with Crippen LogP contribution >= 0.6 is 0 Å². The molecule has 0 aliphatic heterocycles. The van der Waals surface area contributed by atoms with Crippen molar-refractivity contribution in [1.82, 2.24) is 4.57 Å². The van der Waals surface area contributed by atoms with Gasteiger partial charge in [0.25, 0.3) is 0 Å². The largest absolute Gasteiger partial charge is 0.309 e. The predicted molar refractivity (Wildman–Crippen MR) is 220 cm³/mol. The summed E-state index contributed by atoms with van der Waals surface area (Å²) < 4.78 is 2.37. The third-order valence-corrected chi connectivity index (χ3v) is 9.80. The average molecular weight is 667 g/mol. The zero-order valence-corrected chi connectivity index (χ0v) is 28.5. The van der Waals surface area contributed by atoms with Crippen LogP contribution in [0.25, 0.3) is 60.2 Å². The van der Waals surface area contributed by atoms with Gasteiger partial charge in [0.05, 0.1) is 17.6 Å². The Bertz CT molecular complexity index is 2810. The fraction of sp³-hybridized carbons (Fsp3) is 0.0208. The SMILES string of the molecule is C=NC(=NC(=NCc1ccccc1)c1ccccc1)c1c(-c2ccc(-n3c4ccccc4c4c5ccccc5ccc43)cc2)ccc2ccccc12. The highest BCUT2D eigenvalue weighted by atomic mass is 15.0. The smallest absolute Gasteiger partial charge is 0.162 e. The summed E-state index contributed by atoms with van der Waals surface area (Å²) in [6, 6.07) is 63.7. The molecule has 4 heteroatoms. The van der Waals surface area contributed by atoms with Crippen molar-refractivity contribution in [2.24, 2.45) is 15.0 Å². The van der Waals surface area contributed by atoms with Crippen LogP contribution in [0, 0.1) is 0 Å². The molecule has 0 atom stereocenters. The first-order valence-electron chi connectivity index (χ1n) is 17.5. The molecule has 0 saturated heterocycles. The minimum Gasteiger partial charge on any atom is -0.309 e. The first kappa shape index (κ1) is 31.1. The molecule has 0 aliphatic carbocycles. The van der Waals surface area contributed by atoms with E-state index in [4.69, 9.17) is 9.98 Å². The lowest BCUT2D eigenvalue weighted by Gasteiger charge is -2.15. The van der Waals surface area contributed by atoms with E-state index in [1.165, 1.54) is 32.6 Å². The Kier molecular flexibility index (Phi) is 8.03. The number of hydrogen-bond acceptors (Lipinski definition) is 1. The summed E-state index contributed by atoms with van der Waals surface area (Å²) in [6.45, 7) is 4.53. The van der Waals surface area contributed by atoms with Crippen molar-refractivity contribution in [3.8, 4) is 16.8 Å². The second-order valence-corrected chi connectivity index (χ2v) is 12.9. The third-order valence-electron chi connectivity index (χ3n) is 9.80. The van der Waals surface area contributed by atoms with Gasteiger partial charge < -0.3 is 4.57 Å². The van der Waals surface area contributed by atoms with Crippen LogP contribution in [0.1, 0.15) is 16.7 Å². The monoisotopic (exact) mass is 666 g/mol. The lowest BCUT2D eigenvalue weighted by molar-refractivity contribution is 1.06. The molecule has 0 fully saturated rings. The number of aliphatic imine (C=N–C) groups is 3. The fourth-order valence-corrected chi connectivity index (χ4v) is 7.36. The average Bonchev–Trinajstić information content (AvgIpc) is 3.56. The standard InChI is InChI=1S/C48H34N4/c1-49-48(51-47(37-18-6-3-7-19-37)50-32-33-14-4-2-5-15-33)46-40-21-11-9-16-34(40)26-30-41(46)36-24-28-38(29-25-36)52-43-23-13-12-22-42(43)45-39-20-10-8-17-35(39)27-31-44(45)52/h2-31H,1,32H2. The van der Waals surface area contributed by atoms with Crippen molar-refractivity contribution in [2.45, 2.75) is 6.54 Å². The number of rotatable bonds is 6. The molecule has 0 unspecified atom stereocenters. The lowest BCUT2D eigenvalue weighted by atomic mass is 9.93. The Hall–Kier alpha value is -6.91. The predicted octanol–water partition coefficient (Wildman–Crippen LogP) is 11.9. The summed E-state index contributed by atoms with van der Waals surface area (Å²) in [6.07, 6.45) is 0. The van der Waals surface area contributed by atoms with Gasteiger partial charge in [0.1, 0.15) is 0 Å². The maximum absolute atomic E-state index is 5.17. The Morgan fingerprint density at radius 2 is 1.12 bits per heavy atom. The highest BCUT2D eigenvalue weighted by molar-refractivity contribution is 6.22. The van der Waals surface area contributed by atoms with Crippen molar-refractivity contribution in [3.05, 3.63) is 199 Å². The van der Waals surface area contributed by atoms with Crippen molar-refractivity contribution in [2.75, 3.05) is 0 Å². The van der Waals surface area contributed by atoms with E-state index in [1.807, 2.05) is 48.5 Å². The molecule has 52 heavy (non-hydrogen) atoms. The van der Waals surface area contributed by atoms with Crippen LogP contribution in [0.3, 0.4) is 0 Å². The molecular weight excluding hydrogens is 633 g/mol. The molecule has 1 heterocycles. The molecule has 9 aromatic rings. The van der Waals surface area contributed by atoms with Gasteiger partial charge in [0, 0.05) is 27.6 Å². The summed E-state index contributed by atoms with van der Waals surface area (Å²) in [7, 11) is 0. The number of para-hydroxylation sites is 1. The second kappa shape index (κ2) is 13.4. The van der Waals surface area contributed by atoms with Gasteiger partial charge in [0.2, 0.25) is 0 Å². The van der Waals surface area contributed by atoms with E-state index >= 15 is 0 Å². The molecule has 0 saturated carbocycles. The molecule has 0 spiro atoms. The summed E-state index contributed by atoms with van der Waals surface area (Å²) in [5.74, 6) is 1.14. The Morgan fingerprint density at radius 1 is 0.500 bits per heavy atom. The minimum atomic E-state index is 0.501. The van der Waals surface area contributed by atoms with E-state index < -0.39 is 0 Å². The molecular formula is C48H34N4. The summed E-state index contributed by atoms with van der Waals surface area (Å²) >= 11 is 0. The molecule has 8 aromatic carbocycles. The second-order valence-electron chi connectivity index (χ2n) is 12.9. The van der Waals surface area contributed by atoms with Gasteiger partial charge in [-0.15, -0.1) is 0 Å². The van der Waals surface area contributed by atoms with Crippen LogP contribution in [0.5, 0.6) is 0 Å². The van der Waals surface area contributed by atoms with Crippen LogP contribution < -0.4 is 0 Å². The minimum absolute atomic E-state index is 0.501. The van der Waals surface area contributed by atoms with Crippen LogP contribution in [-0.4, -0.2) is 23.0 Å². The normalized spacial score (nSPS) is 12.2. The van der Waals surface area contributed by atoms with Crippen molar-refractivity contribution < 1.29 is 0 Å². The summed E-state index contributed by atoms with van der Waals surface area (Å²) in [4.78, 5) is 14.8. The zero-order chi connectivity index (χ0) is 34.9. The fourth-order valence-electron chi connectivity index (χ4n) is 7.36. The van der Waals surface area contributed by atoms with Gasteiger partial charge in [0.15, 0.2) is 11.7 Å². The van der Waals surface area contributed by atoms with Crippen LogP contribution in [0.4, 0.5) is 0 Å². The summed E-state index contributed by atoms with van der Waals surface area (Å²) in [5.41, 5.74) is 8.52. The highest BCUT2D eigenvalue weighted by Gasteiger charge is 2.18. The molecule has 0 N–H and O–H groups in total. The zero-order valence-electron chi connectivity index (χ0n) is 28.5. The van der Waals surface area contributed by atoms with Crippen molar-refractivity contribution >= 4 is 61.7 Å². The van der Waals surface area contributed by atoms with Crippen molar-refractivity contribution in [1.29, 1.82) is 0 Å². The van der Waals surface area contributed by atoms with E-state index in [-0.39, 0.29) is 0 Å². The van der Waals surface area contributed by atoms with E-state index in [1.54, 1.807) is 0 Å². The third kappa shape index (κ3) is 5.57. The Morgan fingerprint density at radius 3 is 1.87 bits per heavy atom. The molecule has 0 bridgehead atoms. The van der Waals surface area contributed by atoms with Crippen LogP contribution in [0.2, 0.25) is 0 Å². The summed E-state index contributed by atoms with van der Waals surface area (Å²) in [5, 5.41) is 7.19. The van der Waals surface area contributed by atoms with Crippen LogP contribution in [-0.2, 0) is 6.54 Å². The molecule has 4 nitrogen and oxygen atoms in total. The quantitative estimate of drug-likeness (QED) is 0.125. The van der Waals surface area contributed by atoms with E-state index in [9.17, 15) is 0 Å². The molecule has 1 aromatic heterocycles. The topological polar surface area (TPSA) is 42.0 Å². The number of aromatic nitrogens is 1. The number of hydrogen-bond donors (Lipinski definition) is 0. The van der Waals surface area contributed by atoms with Gasteiger partial charge >= 0.3 is 0 Å². The van der Waals surface area contributed by atoms with Gasteiger partial charge in [-0.05, 0) is 69.2 Å². The van der Waals surface area contributed by atoms with E-state index in [0.717, 1.165) is 44.3 Å². The maximum atomic E-state index is 5.17. The number of fused-ring (bicyclic) bond motifs is 6. The number of amidine groups is 2. The van der Waals surface area contributed by atoms with Gasteiger partial charge in [-0.3, -0.25) is 4.99 Å². The first-order chi connectivity index (χ1) is 25.8. The van der Waals surface area contributed by atoms with Crippen molar-refractivity contribution in [3.63, 3.8) is 0 Å². The van der Waals surface area contributed by atoms with E-state index in [2.05, 4.69) is 150 Å². The molecule has 0 aliphatic rings. The molecule has 0 amide bonds. The Labute approximate surface area is 302 Å². The van der Waals surface area contributed by atoms with Gasteiger partial charge in [-0.25, -0.2) is 9.98 Å². The molecule has 0 radical (unpaired) electrons. The highest BCUT2D eigenvalue weighted by Crippen LogP contribution is 2.38.